The first-order chi connectivity index (χ1) is 19.1. The van der Waals surface area contributed by atoms with Crippen LogP contribution in [-0.2, 0) is 77.7 Å². The van der Waals surface area contributed by atoms with Crippen molar-refractivity contribution in [2.75, 3.05) is 40.1 Å². The maximum Gasteiger partial charge on any atom is 2.00 e. The van der Waals surface area contributed by atoms with Crippen molar-refractivity contribution in [3.8, 4) is 0 Å². The average molecular weight is 836 g/mol. The Bertz CT molecular complexity index is 706. The predicted octanol–water partition coefficient (Wildman–Crippen LogP) is 4.11. The van der Waals surface area contributed by atoms with E-state index in [-0.39, 0.29) is 78.7 Å². The molecule has 7 atom stereocenters. The summed E-state index contributed by atoms with van der Waals surface area (Å²) in [4.78, 5) is 34.5. The number of carbonyl (C=O) groups is 3. The van der Waals surface area contributed by atoms with Gasteiger partial charge < -0.3 is 55.7 Å². The van der Waals surface area contributed by atoms with Gasteiger partial charge in [0.05, 0.1) is 7.85 Å². The fourth-order valence-electron chi connectivity index (χ4n) is 4.66. The van der Waals surface area contributed by atoms with E-state index in [9.17, 15) is 14.4 Å². The quantitative estimate of drug-likeness (QED) is 0.107. The van der Waals surface area contributed by atoms with Gasteiger partial charge in [0.15, 0.2) is 6.29 Å². The Labute approximate surface area is 295 Å². The third kappa shape index (κ3) is 24.0. The number of ether oxygens (including phenoxy) is 5. The van der Waals surface area contributed by atoms with Gasteiger partial charge in [-0.05, 0) is 31.6 Å². The minimum atomic E-state index is -0.587. The van der Waals surface area contributed by atoms with E-state index < -0.39 is 30.4 Å². The molecule has 1 saturated carbocycles. The molecule has 1 saturated heterocycles. The number of hydrogen-bond acceptors (Lipinski definition) is 10. The topological polar surface area (TPSA) is 138 Å². The van der Waals surface area contributed by atoms with Crippen LogP contribution in [0, 0.1) is 39.5 Å². The molecular formula is C31H58BO10VW-. The van der Waals surface area contributed by atoms with Gasteiger partial charge in [-0.3, -0.25) is 14.4 Å². The zero-order valence-electron chi connectivity index (χ0n) is 28.0. The molecule has 1 aliphatic heterocycles. The first-order valence-corrected chi connectivity index (χ1v) is 14.4. The summed E-state index contributed by atoms with van der Waals surface area (Å²) >= 11 is 0. The first-order valence-electron chi connectivity index (χ1n) is 14.4. The summed E-state index contributed by atoms with van der Waals surface area (Å²) in [5.41, 5.74) is 0. The van der Waals surface area contributed by atoms with Crippen molar-refractivity contribution in [1.82, 2.24) is 0 Å². The third-order valence-electron chi connectivity index (χ3n) is 7.07. The summed E-state index contributed by atoms with van der Waals surface area (Å²) in [7, 11) is 6.59. The van der Waals surface area contributed by atoms with Gasteiger partial charge in [0.2, 0.25) is 0 Å². The minimum absolute atomic E-state index is 0. The molecule has 2 rings (SSSR count). The second-order valence-corrected chi connectivity index (χ2v) is 10.3. The molecule has 2 fully saturated rings. The van der Waals surface area contributed by atoms with Crippen LogP contribution < -0.4 is 0 Å². The van der Waals surface area contributed by atoms with E-state index in [1.807, 2.05) is 13.8 Å². The Morgan fingerprint density at radius 2 is 1.57 bits per heavy atom. The Morgan fingerprint density at radius 3 is 2.05 bits per heavy atom. The molecule has 0 bridgehead atoms. The van der Waals surface area contributed by atoms with Crippen LogP contribution in [-0.4, -0.2) is 94.4 Å². The number of aliphatic hydroxyl groups excluding tert-OH is 2. The van der Waals surface area contributed by atoms with Gasteiger partial charge in [0.1, 0.15) is 24.6 Å². The molecule has 2 aliphatic rings. The predicted molar refractivity (Wildman–Crippen MR) is 164 cm³/mol. The summed E-state index contributed by atoms with van der Waals surface area (Å²) in [5, 5.41) is 15.6. The molecule has 3 radical (unpaired) electrons. The fraction of sp³-hybridized carbons (Fsp3) is 0.806. The van der Waals surface area contributed by atoms with Gasteiger partial charge in [0.25, 0.3) is 0 Å². The SMILES string of the molecule is CO.[B]C1CCC(CO)C1.[CH2-]COCCCC(=O)CCCCOC1OC(COC(C)=O)C(OC(C)=O)C(C)C1C.[CH3-].[CH3-].[V+2].[W]. The number of ketones is 1. The normalized spacial score (nSPS) is 25.0. The van der Waals surface area contributed by atoms with E-state index in [0.717, 1.165) is 45.6 Å². The van der Waals surface area contributed by atoms with Crippen LogP contribution in [0.4, 0.5) is 0 Å². The third-order valence-corrected chi connectivity index (χ3v) is 7.07. The monoisotopic (exact) mass is 836 g/mol. The Balaban J connectivity index is -0.000000311. The molecule has 2 N–H and O–H groups in total. The molecular weight excluding hydrogens is 778 g/mol. The van der Waals surface area contributed by atoms with Crippen LogP contribution in [0.15, 0.2) is 0 Å². The van der Waals surface area contributed by atoms with Crippen molar-refractivity contribution in [3.63, 3.8) is 0 Å². The van der Waals surface area contributed by atoms with Crippen molar-refractivity contribution in [2.45, 2.75) is 103 Å². The molecule has 0 amide bonds. The summed E-state index contributed by atoms with van der Waals surface area (Å²) in [6.45, 7) is 12.0. The largest absolute Gasteiger partial charge is 2.00 e. The zero-order chi connectivity index (χ0) is 30.5. The molecule has 0 aromatic carbocycles. The van der Waals surface area contributed by atoms with Crippen LogP contribution in [0.3, 0.4) is 0 Å². The van der Waals surface area contributed by atoms with Gasteiger partial charge in [-0.2, -0.15) is 0 Å². The van der Waals surface area contributed by atoms with E-state index in [4.69, 9.17) is 41.7 Å². The smallest absolute Gasteiger partial charge is 0.463 e. The number of esters is 2. The number of rotatable bonds is 15. The van der Waals surface area contributed by atoms with Gasteiger partial charge in [-0.15, -0.1) is 0 Å². The molecule has 257 valence electrons. The van der Waals surface area contributed by atoms with Crippen molar-refractivity contribution in [3.05, 3.63) is 21.8 Å². The molecule has 0 aromatic rings. The summed E-state index contributed by atoms with van der Waals surface area (Å²) < 4.78 is 27.5. The zero-order valence-corrected chi connectivity index (χ0v) is 32.4. The molecule has 0 spiro atoms. The summed E-state index contributed by atoms with van der Waals surface area (Å²) in [5.74, 6) is 0.221. The average Bonchev–Trinajstić information content (AvgIpc) is 3.36. The second-order valence-electron chi connectivity index (χ2n) is 10.3. The Kier molecular flexibility index (Phi) is 39.5. The number of aliphatic hydroxyl groups is 2. The number of Topliss-reactive ketones (excluding diaryl/α,β-unsaturated/α-hetero) is 1. The number of unbranched alkanes of at least 4 members (excludes halogenated alkanes) is 1. The van der Waals surface area contributed by atoms with E-state index in [2.05, 4.69) is 6.92 Å². The molecule has 13 heteroatoms. The van der Waals surface area contributed by atoms with E-state index in [1.165, 1.54) is 13.8 Å². The van der Waals surface area contributed by atoms with Gasteiger partial charge in [-0.1, -0.05) is 39.1 Å². The standard InChI is InChI=1S/C22H37O8.C6H11BO.CH4O.2CH3.V.W/c1-6-26-12-9-11-19(25)10-7-8-13-27-22-16(3)15(2)21(29-18(5)24)20(30-22)14-28-17(4)23;7-6-2-1-5(3-6)4-8;1-2;;;;/h15-16,20-22H,1,6-14H2,2-5H3;5-6,8H,1-4H2;2H,1H3;2*1H3;;/q-1;;;2*-1;+2;. The van der Waals surface area contributed by atoms with Gasteiger partial charge in [0, 0.05) is 86.5 Å². The van der Waals surface area contributed by atoms with E-state index >= 15 is 0 Å². The van der Waals surface area contributed by atoms with Crippen LogP contribution in [0.25, 0.3) is 0 Å². The van der Waals surface area contributed by atoms with Crippen molar-refractivity contribution in [1.29, 1.82) is 0 Å². The van der Waals surface area contributed by atoms with Gasteiger partial charge >= 0.3 is 30.5 Å². The van der Waals surface area contributed by atoms with E-state index in [1.54, 1.807) is 0 Å². The molecule has 1 aliphatic carbocycles. The summed E-state index contributed by atoms with van der Waals surface area (Å²) in [6, 6.07) is 0. The van der Waals surface area contributed by atoms with Crippen molar-refractivity contribution >= 4 is 25.6 Å². The van der Waals surface area contributed by atoms with Crippen LogP contribution in [0.2, 0.25) is 5.82 Å². The number of hydrogen-bond donors (Lipinski definition) is 2. The fourth-order valence-corrected chi connectivity index (χ4v) is 4.66. The molecule has 1 heterocycles. The molecule has 0 aromatic heterocycles. The van der Waals surface area contributed by atoms with Crippen LogP contribution in [0.5, 0.6) is 0 Å². The van der Waals surface area contributed by atoms with Crippen molar-refractivity contribution < 1.29 is 87.9 Å². The molecule has 10 nitrogen and oxygen atoms in total. The summed E-state index contributed by atoms with van der Waals surface area (Å²) in [6.07, 6.45) is 4.91. The Morgan fingerprint density at radius 1 is 0.955 bits per heavy atom. The molecule has 44 heavy (non-hydrogen) atoms. The van der Waals surface area contributed by atoms with Gasteiger partial charge in [-0.25, -0.2) is 0 Å². The van der Waals surface area contributed by atoms with E-state index in [0.29, 0.717) is 51.0 Å². The number of carbonyl (C=O) groups excluding carboxylic acids is 3. The first kappa shape index (κ1) is 53.2. The molecule has 7 unspecified atom stereocenters. The maximum atomic E-state index is 11.8. The van der Waals surface area contributed by atoms with Crippen molar-refractivity contribution in [2.24, 2.45) is 17.8 Å². The Hall–Kier alpha value is -0.252. The maximum absolute atomic E-state index is 11.8. The van der Waals surface area contributed by atoms with Crippen LogP contribution >= 0.6 is 0 Å². The second kappa shape index (κ2) is 32.7. The minimum Gasteiger partial charge on any atom is -0.463 e. The van der Waals surface area contributed by atoms with Crippen LogP contribution in [0.1, 0.15) is 79.1 Å².